The lowest BCUT2D eigenvalue weighted by molar-refractivity contribution is 0.412. The molecule has 1 unspecified atom stereocenters. The van der Waals surface area contributed by atoms with Gasteiger partial charge in [-0.2, -0.15) is 0 Å². The van der Waals surface area contributed by atoms with E-state index in [1.54, 1.807) is 0 Å². The maximum absolute atomic E-state index is 6.12. The SMILES string of the molecule is CCCNC(CCC1CCCC1)c1cccc(Cl)c1. The van der Waals surface area contributed by atoms with Gasteiger partial charge < -0.3 is 5.32 Å². The highest BCUT2D eigenvalue weighted by Gasteiger charge is 2.18. The van der Waals surface area contributed by atoms with Gasteiger partial charge in [-0.15, -0.1) is 0 Å². The van der Waals surface area contributed by atoms with Gasteiger partial charge in [-0.05, 0) is 49.4 Å². The number of halogens is 1. The highest BCUT2D eigenvalue weighted by atomic mass is 35.5. The Morgan fingerprint density at radius 1 is 1.32 bits per heavy atom. The summed E-state index contributed by atoms with van der Waals surface area (Å²) in [7, 11) is 0. The maximum atomic E-state index is 6.12. The Kier molecular flexibility index (Phi) is 6.19. The Balaban J connectivity index is 1.94. The number of hydrogen-bond acceptors (Lipinski definition) is 1. The van der Waals surface area contributed by atoms with Crippen molar-refractivity contribution in [3.63, 3.8) is 0 Å². The molecule has 0 saturated heterocycles. The Labute approximate surface area is 122 Å². The van der Waals surface area contributed by atoms with Crippen LogP contribution in [-0.4, -0.2) is 6.54 Å². The zero-order chi connectivity index (χ0) is 13.5. The van der Waals surface area contributed by atoms with Gasteiger partial charge in [0.05, 0.1) is 0 Å². The van der Waals surface area contributed by atoms with Crippen LogP contribution in [0.15, 0.2) is 24.3 Å². The molecular weight excluding hydrogens is 254 g/mol. The van der Waals surface area contributed by atoms with Gasteiger partial charge in [0.2, 0.25) is 0 Å². The highest BCUT2D eigenvalue weighted by Crippen LogP contribution is 2.31. The van der Waals surface area contributed by atoms with Crippen molar-refractivity contribution in [1.82, 2.24) is 5.32 Å². The van der Waals surface area contributed by atoms with Crippen LogP contribution in [0.1, 0.15) is 63.5 Å². The van der Waals surface area contributed by atoms with E-state index in [2.05, 4.69) is 30.4 Å². The fraction of sp³-hybridized carbons (Fsp3) is 0.647. The molecule has 1 nitrogen and oxygen atoms in total. The summed E-state index contributed by atoms with van der Waals surface area (Å²) in [5.41, 5.74) is 1.35. The minimum Gasteiger partial charge on any atom is -0.310 e. The van der Waals surface area contributed by atoms with Crippen LogP contribution in [0.4, 0.5) is 0 Å². The lowest BCUT2D eigenvalue weighted by Gasteiger charge is -2.21. The molecule has 1 fully saturated rings. The second kappa shape index (κ2) is 7.91. The van der Waals surface area contributed by atoms with Crippen molar-refractivity contribution in [2.24, 2.45) is 5.92 Å². The summed E-state index contributed by atoms with van der Waals surface area (Å²) < 4.78 is 0. The van der Waals surface area contributed by atoms with E-state index in [0.29, 0.717) is 6.04 Å². The molecule has 19 heavy (non-hydrogen) atoms. The van der Waals surface area contributed by atoms with Crippen molar-refractivity contribution < 1.29 is 0 Å². The van der Waals surface area contributed by atoms with Crippen molar-refractivity contribution in [2.45, 2.75) is 57.9 Å². The monoisotopic (exact) mass is 279 g/mol. The van der Waals surface area contributed by atoms with E-state index >= 15 is 0 Å². The van der Waals surface area contributed by atoms with Gasteiger partial charge in [0.15, 0.2) is 0 Å². The Morgan fingerprint density at radius 3 is 2.79 bits per heavy atom. The van der Waals surface area contributed by atoms with E-state index in [4.69, 9.17) is 11.6 Å². The van der Waals surface area contributed by atoms with Gasteiger partial charge in [-0.1, -0.05) is 56.3 Å². The van der Waals surface area contributed by atoms with Crippen LogP contribution in [0, 0.1) is 5.92 Å². The zero-order valence-electron chi connectivity index (χ0n) is 12.0. The van der Waals surface area contributed by atoms with Gasteiger partial charge in [0.25, 0.3) is 0 Å². The van der Waals surface area contributed by atoms with Crippen molar-refractivity contribution in [2.75, 3.05) is 6.54 Å². The number of nitrogens with one attached hydrogen (secondary N) is 1. The first-order valence-electron chi connectivity index (χ1n) is 7.78. The van der Waals surface area contributed by atoms with Crippen LogP contribution < -0.4 is 5.32 Å². The van der Waals surface area contributed by atoms with Crippen molar-refractivity contribution in [3.8, 4) is 0 Å². The van der Waals surface area contributed by atoms with Crippen molar-refractivity contribution in [1.29, 1.82) is 0 Å². The summed E-state index contributed by atoms with van der Waals surface area (Å²) in [5.74, 6) is 0.963. The highest BCUT2D eigenvalue weighted by molar-refractivity contribution is 6.30. The molecule has 2 rings (SSSR count). The second-order valence-electron chi connectivity index (χ2n) is 5.79. The average molecular weight is 280 g/mol. The summed E-state index contributed by atoms with van der Waals surface area (Å²) in [6, 6.07) is 8.81. The first-order chi connectivity index (χ1) is 9.29. The predicted molar refractivity (Wildman–Crippen MR) is 83.7 cm³/mol. The summed E-state index contributed by atoms with van der Waals surface area (Å²) in [4.78, 5) is 0. The molecule has 0 amide bonds. The largest absolute Gasteiger partial charge is 0.310 e. The molecule has 0 bridgehead atoms. The van der Waals surface area contributed by atoms with Crippen molar-refractivity contribution in [3.05, 3.63) is 34.9 Å². The van der Waals surface area contributed by atoms with Crippen LogP contribution in [0.3, 0.4) is 0 Å². The number of benzene rings is 1. The quantitative estimate of drug-likeness (QED) is 0.709. The molecule has 0 radical (unpaired) electrons. The minimum absolute atomic E-state index is 0.472. The molecule has 0 aromatic heterocycles. The van der Waals surface area contributed by atoms with E-state index in [-0.39, 0.29) is 0 Å². The molecule has 1 aromatic rings. The van der Waals surface area contributed by atoms with Gasteiger partial charge >= 0.3 is 0 Å². The molecule has 0 heterocycles. The summed E-state index contributed by atoms with van der Waals surface area (Å²) in [6.07, 6.45) is 9.54. The van der Waals surface area contributed by atoms with Crippen LogP contribution >= 0.6 is 11.6 Å². The first-order valence-corrected chi connectivity index (χ1v) is 8.16. The number of hydrogen-bond donors (Lipinski definition) is 1. The van der Waals surface area contributed by atoms with Gasteiger partial charge in [0, 0.05) is 11.1 Å². The zero-order valence-corrected chi connectivity index (χ0v) is 12.8. The summed E-state index contributed by atoms with van der Waals surface area (Å²) >= 11 is 6.12. The maximum Gasteiger partial charge on any atom is 0.0409 e. The van der Waals surface area contributed by atoms with E-state index in [9.17, 15) is 0 Å². The summed E-state index contributed by atoms with van der Waals surface area (Å²) in [5, 5.41) is 4.53. The molecule has 0 spiro atoms. The van der Waals surface area contributed by atoms with Gasteiger partial charge in [0.1, 0.15) is 0 Å². The number of rotatable bonds is 7. The predicted octanol–water partition coefficient (Wildman–Crippen LogP) is 5.35. The van der Waals surface area contributed by atoms with Crippen LogP contribution in [0.2, 0.25) is 5.02 Å². The molecule has 1 saturated carbocycles. The van der Waals surface area contributed by atoms with E-state index in [1.807, 2.05) is 6.07 Å². The van der Waals surface area contributed by atoms with Gasteiger partial charge in [-0.3, -0.25) is 0 Å². The summed E-state index contributed by atoms with van der Waals surface area (Å²) in [6.45, 7) is 3.31. The van der Waals surface area contributed by atoms with Crippen molar-refractivity contribution >= 4 is 11.6 Å². The van der Waals surface area contributed by atoms with Gasteiger partial charge in [-0.25, -0.2) is 0 Å². The Morgan fingerprint density at radius 2 is 2.11 bits per heavy atom. The van der Waals surface area contributed by atoms with E-state index in [0.717, 1.165) is 17.5 Å². The van der Waals surface area contributed by atoms with E-state index < -0.39 is 0 Å². The first kappa shape index (κ1) is 14.9. The topological polar surface area (TPSA) is 12.0 Å². The third kappa shape index (κ3) is 4.81. The minimum atomic E-state index is 0.472. The second-order valence-corrected chi connectivity index (χ2v) is 6.23. The van der Waals surface area contributed by atoms with E-state index in [1.165, 1.54) is 50.5 Å². The smallest absolute Gasteiger partial charge is 0.0409 e. The van der Waals surface area contributed by atoms with Crippen LogP contribution in [0.5, 0.6) is 0 Å². The van der Waals surface area contributed by atoms with Crippen LogP contribution in [-0.2, 0) is 0 Å². The molecule has 1 N–H and O–H groups in total. The standard InChI is InChI=1S/C17H26ClN/c1-2-12-19-17(11-10-14-6-3-4-7-14)15-8-5-9-16(18)13-15/h5,8-9,13-14,17,19H,2-4,6-7,10-12H2,1H3. The average Bonchev–Trinajstić information content (AvgIpc) is 2.92. The molecule has 1 aliphatic rings. The normalized spacial score (nSPS) is 17.8. The third-order valence-corrected chi connectivity index (χ3v) is 4.47. The fourth-order valence-corrected chi connectivity index (χ4v) is 3.33. The lowest BCUT2D eigenvalue weighted by atomic mass is 9.95. The third-order valence-electron chi connectivity index (χ3n) is 4.23. The molecule has 0 aliphatic heterocycles. The Bertz CT molecular complexity index is 371. The Hall–Kier alpha value is -0.530. The molecule has 1 aromatic carbocycles. The molecule has 2 heteroatoms. The molecule has 1 atom stereocenters. The fourth-order valence-electron chi connectivity index (χ4n) is 3.13. The molecular formula is C17H26ClN. The molecule has 106 valence electrons. The lowest BCUT2D eigenvalue weighted by Crippen LogP contribution is -2.22. The molecule has 1 aliphatic carbocycles. The van der Waals surface area contributed by atoms with Crippen LogP contribution in [0.25, 0.3) is 0 Å².